The van der Waals surface area contributed by atoms with Crippen molar-refractivity contribution in [2.45, 2.75) is 32.7 Å². The van der Waals surface area contributed by atoms with Crippen molar-refractivity contribution in [3.05, 3.63) is 57.3 Å². The number of aryl methyl sites for hydroxylation is 2. The maximum absolute atomic E-state index is 11.2. The van der Waals surface area contributed by atoms with Crippen molar-refractivity contribution in [1.29, 1.82) is 0 Å². The molecular formula is C19H23NO2S. The topological polar surface area (TPSA) is 40.5 Å². The molecule has 4 heteroatoms. The number of thiophene rings is 1. The summed E-state index contributed by atoms with van der Waals surface area (Å²) in [4.78, 5) is 15.0. The van der Waals surface area contributed by atoms with Crippen molar-refractivity contribution in [3.63, 3.8) is 0 Å². The highest BCUT2D eigenvalue weighted by molar-refractivity contribution is 7.10. The summed E-state index contributed by atoms with van der Waals surface area (Å²) in [5.41, 5.74) is 3.87. The third-order valence-electron chi connectivity index (χ3n) is 4.62. The highest BCUT2D eigenvalue weighted by Crippen LogP contribution is 2.35. The van der Waals surface area contributed by atoms with Crippen LogP contribution >= 0.6 is 11.3 Å². The van der Waals surface area contributed by atoms with Gasteiger partial charge in [-0.25, -0.2) is 0 Å². The van der Waals surface area contributed by atoms with E-state index in [0.717, 1.165) is 25.9 Å². The lowest BCUT2D eigenvalue weighted by Gasteiger charge is -2.36. The lowest BCUT2D eigenvalue weighted by molar-refractivity contribution is -0.143. The van der Waals surface area contributed by atoms with Crippen LogP contribution < -0.4 is 0 Å². The van der Waals surface area contributed by atoms with Crippen LogP contribution in [0.4, 0.5) is 0 Å². The Labute approximate surface area is 141 Å². The molecule has 1 aliphatic rings. The number of rotatable bonds is 4. The van der Waals surface area contributed by atoms with Gasteiger partial charge >= 0.3 is 5.97 Å². The summed E-state index contributed by atoms with van der Waals surface area (Å²) in [6.07, 6.45) is 1.48. The Bertz CT molecular complexity index is 686. The molecule has 0 aliphatic carbocycles. The normalized spacial score (nSPS) is 18.0. The van der Waals surface area contributed by atoms with Crippen molar-refractivity contribution < 1.29 is 9.90 Å². The number of piperidine rings is 1. The molecule has 1 atom stereocenters. The molecule has 0 bridgehead atoms. The molecular weight excluding hydrogens is 306 g/mol. The second-order valence-corrected chi connectivity index (χ2v) is 7.43. The first-order valence-corrected chi connectivity index (χ1v) is 9.01. The van der Waals surface area contributed by atoms with Gasteiger partial charge in [-0.1, -0.05) is 29.8 Å². The quantitative estimate of drug-likeness (QED) is 0.911. The van der Waals surface area contributed by atoms with Gasteiger partial charge in [0.05, 0.1) is 12.0 Å². The minimum Gasteiger partial charge on any atom is -0.481 e. The largest absolute Gasteiger partial charge is 0.481 e. The van der Waals surface area contributed by atoms with Crippen molar-refractivity contribution in [2.75, 3.05) is 13.1 Å². The van der Waals surface area contributed by atoms with Crippen LogP contribution in [0.1, 0.15) is 40.5 Å². The van der Waals surface area contributed by atoms with Gasteiger partial charge < -0.3 is 5.11 Å². The monoisotopic (exact) mass is 329 g/mol. The molecule has 3 nitrogen and oxygen atoms in total. The molecule has 1 aromatic carbocycles. The zero-order valence-electron chi connectivity index (χ0n) is 13.7. The fraction of sp³-hybridized carbons (Fsp3) is 0.421. The average molecular weight is 329 g/mol. The molecule has 1 N–H and O–H groups in total. The highest BCUT2D eigenvalue weighted by atomic mass is 32.1. The van der Waals surface area contributed by atoms with E-state index in [1.165, 1.54) is 21.6 Å². The van der Waals surface area contributed by atoms with Crippen molar-refractivity contribution in [1.82, 2.24) is 4.90 Å². The number of carboxylic acids is 1. The molecule has 2 heterocycles. The van der Waals surface area contributed by atoms with E-state index >= 15 is 0 Å². The first-order valence-electron chi connectivity index (χ1n) is 8.13. The zero-order chi connectivity index (χ0) is 16.4. The van der Waals surface area contributed by atoms with Crippen LogP contribution in [0.2, 0.25) is 0 Å². The van der Waals surface area contributed by atoms with Crippen LogP contribution in [0, 0.1) is 19.8 Å². The Balaban J connectivity index is 1.89. The van der Waals surface area contributed by atoms with Crippen LogP contribution in [0.25, 0.3) is 0 Å². The number of hydrogen-bond acceptors (Lipinski definition) is 3. The van der Waals surface area contributed by atoms with Gasteiger partial charge in [0, 0.05) is 4.88 Å². The van der Waals surface area contributed by atoms with Gasteiger partial charge in [0.25, 0.3) is 0 Å². The second kappa shape index (κ2) is 6.85. The van der Waals surface area contributed by atoms with E-state index in [9.17, 15) is 9.90 Å². The summed E-state index contributed by atoms with van der Waals surface area (Å²) >= 11 is 1.80. The summed E-state index contributed by atoms with van der Waals surface area (Å²) in [6, 6.07) is 11.2. The lowest BCUT2D eigenvalue weighted by atomic mass is 9.93. The first-order chi connectivity index (χ1) is 11.0. The van der Waals surface area contributed by atoms with Gasteiger partial charge in [-0.05, 0) is 62.4 Å². The third kappa shape index (κ3) is 3.65. The number of aliphatic carboxylic acids is 1. The molecule has 1 aliphatic heterocycles. The van der Waals surface area contributed by atoms with Crippen LogP contribution in [-0.4, -0.2) is 29.1 Å². The molecule has 1 aromatic heterocycles. The molecule has 0 saturated carbocycles. The van der Waals surface area contributed by atoms with E-state index < -0.39 is 5.97 Å². The predicted octanol–water partition coefficient (Wildman–Crippen LogP) is 4.25. The minimum atomic E-state index is -0.649. The van der Waals surface area contributed by atoms with Crippen molar-refractivity contribution >= 4 is 17.3 Å². The second-order valence-electron chi connectivity index (χ2n) is 6.49. The van der Waals surface area contributed by atoms with E-state index in [1.54, 1.807) is 11.3 Å². The van der Waals surface area contributed by atoms with Gasteiger partial charge in [0.1, 0.15) is 0 Å². The van der Waals surface area contributed by atoms with Gasteiger partial charge in [0.15, 0.2) is 0 Å². The van der Waals surface area contributed by atoms with Crippen LogP contribution in [0.15, 0.2) is 35.7 Å². The molecule has 2 aromatic rings. The van der Waals surface area contributed by atoms with E-state index in [2.05, 4.69) is 54.5 Å². The molecule has 122 valence electrons. The van der Waals surface area contributed by atoms with E-state index in [-0.39, 0.29) is 12.0 Å². The lowest BCUT2D eigenvalue weighted by Crippen LogP contribution is -2.39. The fourth-order valence-corrected chi connectivity index (χ4v) is 4.45. The molecule has 0 amide bonds. The van der Waals surface area contributed by atoms with Gasteiger partial charge in [-0.15, -0.1) is 11.3 Å². The minimum absolute atomic E-state index is 0.186. The molecule has 1 fully saturated rings. The number of carboxylic acid groups (broad SMARTS) is 1. The Hall–Kier alpha value is -1.65. The Kier molecular flexibility index (Phi) is 4.83. The standard InChI is InChI=1S/C19H23NO2S/c1-13-4-3-5-16(10-13)18(17-11-14(2)12-23-17)20-8-6-15(7-9-20)19(21)22/h3-5,10-12,15,18H,6-9H2,1-2H3,(H,21,22). The molecule has 0 spiro atoms. The van der Waals surface area contributed by atoms with E-state index in [0.29, 0.717) is 0 Å². The van der Waals surface area contributed by atoms with Crippen LogP contribution in [0.3, 0.4) is 0 Å². The Morgan fingerprint density at radius 2 is 1.96 bits per heavy atom. The molecule has 0 radical (unpaired) electrons. The number of likely N-dealkylation sites (tertiary alicyclic amines) is 1. The molecule has 1 saturated heterocycles. The fourth-order valence-electron chi connectivity index (χ4n) is 3.40. The van der Waals surface area contributed by atoms with Gasteiger partial charge in [0.2, 0.25) is 0 Å². The molecule has 3 rings (SSSR count). The SMILES string of the molecule is Cc1cccc(C(c2cc(C)cs2)N2CCC(C(=O)O)CC2)c1. The first kappa shape index (κ1) is 16.2. The Morgan fingerprint density at radius 3 is 2.52 bits per heavy atom. The summed E-state index contributed by atoms with van der Waals surface area (Å²) in [6.45, 7) is 5.93. The smallest absolute Gasteiger partial charge is 0.306 e. The predicted molar refractivity (Wildman–Crippen MR) is 94.0 cm³/mol. The third-order valence-corrected chi connectivity index (χ3v) is 5.73. The van der Waals surface area contributed by atoms with E-state index in [1.807, 2.05) is 0 Å². The highest BCUT2D eigenvalue weighted by Gasteiger charge is 2.30. The average Bonchev–Trinajstić information content (AvgIpc) is 2.94. The number of carbonyl (C=O) groups is 1. The van der Waals surface area contributed by atoms with Crippen LogP contribution in [-0.2, 0) is 4.79 Å². The van der Waals surface area contributed by atoms with Crippen molar-refractivity contribution in [3.8, 4) is 0 Å². The molecule has 1 unspecified atom stereocenters. The number of benzene rings is 1. The maximum atomic E-state index is 11.2. The maximum Gasteiger partial charge on any atom is 0.306 e. The number of hydrogen-bond donors (Lipinski definition) is 1. The summed E-state index contributed by atoms with van der Waals surface area (Å²) in [7, 11) is 0. The summed E-state index contributed by atoms with van der Waals surface area (Å²) in [5, 5.41) is 11.4. The molecule has 23 heavy (non-hydrogen) atoms. The van der Waals surface area contributed by atoms with Gasteiger partial charge in [-0.2, -0.15) is 0 Å². The van der Waals surface area contributed by atoms with Crippen LogP contribution in [0.5, 0.6) is 0 Å². The van der Waals surface area contributed by atoms with Gasteiger partial charge in [-0.3, -0.25) is 9.69 Å². The summed E-state index contributed by atoms with van der Waals surface area (Å²) in [5.74, 6) is -0.835. The zero-order valence-corrected chi connectivity index (χ0v) is 14.5. The van der Waals surface area contributed by atoms with Crippen molar-refractivity contribution in [2.24, 2.45) is 5.92 Å². The Morgan fingerprint density at radius 1 is 1.22 bits per heavy atom. The van der Waals surface area contributed by atoms with E-state index in [4.69, 9.17) is 0 Å². The summed E-state index contributed by atoms with van der Waals surface area (Å²) < 4.78 is 0. The number of nitrogens with zero attached hydrogens (tertiary/aromatic N) is 1.